The molecule has 2 aromatic heterocycles. The van der Waals surface area contributed by atoms with Crippen LogP contribution >= 0.6 is 11.3 Å². The Morgan fingerprint density at radius 1 is 1.34 bits per heavy atom. The number of nitrogens with one attached hydrogen (secondary N) is 1. The highest BCUT2D eigenvalue weighted by molar-refractivity contribution is 7.15. The summed E-state index contributed by atoms with van der Waals surface area (Å²) in [6, 6.07) is 0.394. The van der Waals surface area contributed by atoms with Gasteiger partial charge >= 0.3 is 12.1 Å². The van der Waals surface area contributed by atoms with Crippen molar-refractivity contribution >= 4 is 28.6 Å². The molecular weight excluding hydrogens is 404 g/mol. The average molecular weight is 427 g/mol. The minimum absolute atomic E-state index is 0.0846. The van der Waals surface area contributed by atoms with Crippen LogP contribution in [0, 0.1) is 0 Å². The third kappa shape index (κ3) is 4.65. The molecule has 1 amide bonds. The Morgan fingerprint density at radius 3 is 2.83 bits per heavy atom. The van der Waals surface area contributed by atoms with Gasteiger partial charge in [-0.3, -0.25) is 5.32 Å². The van der Waals surface area contributed by atoms with Gasteiger partial charge in [0, 0.05) is 36.6 Å². The number of hydrogen-bond acceptors (Lipinski definition) is 8. The van der Waals surface area contributed by atoms with E-state index in [0.717, 1.165) is 10.6 Å². The first-order valence-electron chi connectivity index (χ1n) is 9.72. The Hall–Kier alpha value is -2.30. The van der Waals surface area contributed by atoms with E-state index in [2.05, 4.69) is 20.4 Å². The molecule has 0 radical (unpaired) electrons. The van der Waals surface area contributed by atoms with E-state index in [1.54, 1.807) is 13.8 Å². The maximum absolute atomic E-state index is 13.4. The van der Waals surface area contributed by atoms with Crippen LogP contribution in [0.2, 0.25) is 0 Å². The molecule has 0 saturated heterocycles. The van der Waals surface area contributed by atoms with Crippen LogP contribution in [-0.4, -0.2) is 39.8 Å². The van der Waals surface area contributed by atoms with Gasteiger partial charge in [0.2, 0.25) is 5.92 Å². The predicted molar refractivity (Wildman–Crippen MR) is 103 cm³/mol. The average Bonchev–Trinajstić information content (AvgIpc) is 3.26. The summed E-state index contributed by atoms with van der Waals surface area (Å²) in [5.41, 5.74) is 0.931. The Labute approximate surface area is 170 Å². The fourth-order valence-electron chi connectivity index (χ4n) is 3.56. The number of ether oxygens (including phenoxy) is 1. The largest absolute Gasteiger partial charge is 0.447 e. The quantitative estimate of drug-likeness (QED) is 0.776. The first-order valence-corrected chi connectivity index (χ1v) is 10.5. The van der Waals surface area contributed by atoms with Crippen molar-refractivity contribution in [3.8, 4) is 0 Å². The summed E-state index contributed by atoms with van der Waals surface area (Å²) in [6.07, 6.45) is 0.415. The normalized spacial score (nSPS) is 19.3. The smallest absolute Gasteiger partial charge is 0.413 e. The lowest BCUT2D eigenvalue weighted by Gasteiger charge is -2.26. The van der Waals surface area contributed by atoms with Crippen LogP contribution in [0.4, 0.5) is 24.7 Å². The van der Waals surface area contributed by atoms with Crippen LogP contribution in [0.1, 0.15) is 61.8 Å². The highest BCUT2D eigenvalue weighted by Crippen LogP contribution is 2.40. The molecule has 2 aliphatic rings. The molecule has 0 spiro atoms. The number of carbonyl (C=O) groups is 1. The van der Waals surface area contributed by atoms with Crippen LogP contribution in [0.5, 0.6) is 0 Å². The minimum Gasteiger partial charge on any atom is -0.447 e. The molecule has 2 aromatic rings. The Balaban J connectivity index is 1.39. The number of halogens is 2. The topological polar surface area (TPSA) is 93.4 Å². The molecule has 0 unspecified atom stereocenters. The maximum Gasteiger partial charge on any atom is 0.413 e. The Morgan fingerprint density at radius 2 is 2.10 bits per heavy atom. The van der Waals surface area contributed by atoms with Crippen molar-refractivity contribution in [1.82, 2.24) is 15.1 Å². The van der Waals surface area contributed by atoms with Crippen LogP contribution in [0.25, 0.3) is 0 Å². The van der Waals surface area contributed by atoms with Crippen LogP contribution < -0.4 is 10.2 Å². The van der Waals surface area contributed by atoms with E-state index in [9.17, 15) is 13.6 Å². The van der Waals surface area contributed by atoms with Crippen LogP contribution in [0.15, 0.2) is 4.52 Å². The zero-order valence-electron chi connectivity index (χ0n) is 16.3. The Bertz CT molecular complexity index is 875. The van der Waals surface area contributed by atoms with Gasteiger partial charge in [0.25, 0.3) is 0 Å². The zero-order chi connectivity index (χ0) is 20.6. The lowest BCUT2D eigenvalue weighted by Crippen LogP contribution is -2.30. The van der Waals surface area contributed by atoms with Gasteiger partial charge in [-0.1, -0.05) is 16.5 Å². The summed E-state index contributed by atoms with van der Waals surface area (Å²) in [5, 5.41) is 7.18. The number of anilines is 2. The van der Waals surface area contributed by atoms with Gasteiger partial charge in [-0.05, 0) is 26.7 Å². The van der Waals surface area contributed by atoms with E-state index in [1.807, 2.05) is 4.90 Å². The number of rotatable bonds is 4. The maximum atomic E-state index is 13.4. The van der Waals surface area contributed by atoms with Gasteiger partial charge in [0.1, 0.15) is 0 Å². The van der Waals surface area contributed by atoms with Crippen molar-refractivity contribution in [2.75, 3.05) is 16.8 Å². The third-order valence-corrected chi connectivity index (χ3v) is 6.06. The molecule has 1 aliphatic carbocycles. The molecule has 0 bridgehead atoms. The minimum atomic E-state index is -2.58. The first kappa shape index (κ1) is 20.0. The molecular formula is C18H23F2N5O3S. The summed E-state index contributed by atoms with van der Waals surface area (Å²) in [6.45, 7) is 4.75. The number of thiazole rings is 1. The standard InChI is InChI=1S/C18H23F2N5O3S/c1-10(2)27-17(26)23-15-21-12-5-8-25(9-13(12)29-15)16-22-14(24-28-16)11-3-6-18(19,20)7-4-11/h10-11H,3-9H2,1-2H3,(H,21,23,26). The van der Waals surface area contributed by atoms with Crippen molar-refractivity contribution in [1.29, 1.82) is 0 Å². The molecule has 29 heavy (non-hydrogen) atoms. The molecule has 11 heteroatoms. The fraction of sp³-hybridized carbons (Fsp3) is 0.667. The molecule has 1 N–H and O–H groups in total. The van der Waals surface area contributed by atoms with Crippen molar-refractivity contribution in [3.63, 3.8) is 0 Å². The van der Waals surface area contributed by atoms with Crippen LogP contribution in [0.3, 0.4) is 0 Å². The second kappa shape index (κ2) is 7.85. The highest BCUT2D eigenvalue weighted by Gasteiger charge is 2.37. The zero-order valence-corrected chi connectivity index (χ0v) is 17.1. The summed E-state index contributed by atoms with van der Waals surface area (Å²) in [5.74, 6) is -2.16. The number of aromatic nitrogens is 3. The van der Waals surface area contributed by atoms with E-state index in [1.165, 1.54) is 11.3 Å². The van der Waals surface area contributed by atoms with Crippen LogP contribution in [-0.2, 0) is 17.7 Å². The SMILES string of the molecule is CC(C)OC(=O)Nc1nc2c(s1)CN(c1nc(C3CCC(F)(F)CC3)no1)CC2. The van der Waals surface area contributed by atoms with Gasteiger partial charge in [0.15, 0.2) is 11.0 Å². The Kier molecular flexibility index (Phi) is 5.41. The van der Waals surface area contributed by atoms with E-state index in [0.29, 0.717) is 49.3 Å². The number of nitrogens with zero attached hydrogens (tertiary/aromatic N) is 4. The van der Waals surface area contributed by atoms with E-state index < -0.39 is 12.0 Å². The predicted octanol–water partition coefficient (Wildman–Crippen LogP) is 4.34. The number of alkyl halides is 2. The molecule has 3 heterocycles. The monoisotopic (exact) mass is 427 g/mol. The number of hydrogen-bond donors (Lipinski definition) is 1. The number of amides is 1. The molecule has 1 saturated carbocycles. The molecule has 0 aromatic carbocycles. The summed E-state index contributed by atoms with van der Waals surface area (Å²) in [4.78, 5) is 23.6. The molecule has 8 nitrogen and oxygen atoms in total. The van der Waals surface area contributed by atoms with Gasteiger partial charge in [-0.2, -0.15) is 4.98 Å². The third-order valence-electron chi connectivity index (χ3n) is 5.07. The number of carbonyl (C=O) groups excluding carboxylic acids is 1. The molecule has 158 valence electrons. The van der Waals surface area contributed by atoms with Crippen molar-refractivity contribution in [2.45, 2.75) is 70.4 Å². The van der Waals surface area contributed by atoms with Crippen molar-refractivity contribution < 1.29 is 22.8 Å². The second-order valence-electron chi connectivity index (χ2n) is 7.70. The van der Waals surface area contributed by atoms with Gasteiger partial charge in [0.05, 0.1) is 18.3 Å². The lowest BCUT2D eigenvalue weighted by atomic mass is 9.86. The first-order chi connectivity index (χ1) is 13.8. The van der Waals surface area contributed by atoms with Gasteiger partial charge in [-0.15, -0.1) is 0 Å². The molecule has 1 fully saturated rings. The molecule has 0 atom stereocenters. The van der Waals surface area contributed by atoms with E-state index in [-0.39, 0.29) is 24.9 Å². The molecule has 4 rings (SSSR count). The summed E-state index contributed by atoms with van der Waals surface area (Å²) in [7, 11) is 0. The van der Waals surface area contributed by atoms with Gasteiger partial charge < -0.3 is 14.2 Å². The second-order valence-corrected chi connectivity index (χ2v) is 8.79. The van der Waals surface area contributed by atoms with Gasteiger partial charge in [-0.25, -0.2) is 18.6 Å². The highest BCUT2D eigenvalue weighted by atomic mass is 32.1. The molecule has 1 aliphatic heterocycles. The van der Waals surface area contributed by atoms with Crippen molar-refractivity contribution in [2.24, 2.45) is 0 Å². The van der Waals surface area contributed by atoms with E-state index >= 15 is 0 Å². The van der Waals surface area contributed by atoms with E-state index in [4.69, 9.17) is 9.26 Å². The van der Waals surface area contributed by atoms with Crippen molar-refractivity contribution in [3.05, 3.63) is 16.4 Å². The summed E-state index contributed by atoms with van der Waals surface area (Å²) >= 11 is 1.39. The lowest BCUT2D eigenvalue weighted by molar-refractivity contribution is -0.0389. The fourth-order valence-corrected chi connectivity index (χ4v) is 4.57. The summed E-state index contributed by atoms with van der Waals surface area (Å²) < 4.78 is 37.2. The number of fused-ring (bicyclic) bond motifs is 1.